The smallest absolute Gasteiger partial charge is 0.148 e. The van der Waals surface area contributed by atoms with E-state index in [1.54, 1.807) is 0 Å². The van der Waals surface area contributed by atoms with Crippen LogP contribution in [0.4, 0.5) is 11.6 Å². The lowest BCUT2D eigenvalue weighted by molar-refractivity contribution is 0.673. The highest BCUT2D eigenvalue weighted by Crippen LogP contribution is 2.24. The van der Waals surface area contributed by atoms with Crippen molar-refractivity contribution in [1.29, 1.82) is 5.26 Å². The molecular weight excluding hydrogens is 252 g/mol. The normalized spacial score (nSPS) is 11.8. The van der Waals surface area contributed by atoms with Crippen molar-refractivity contribution in [2.45, 2.75) is 40.5 Å². The van der Waals surface area contributed by atoms with Gasteiger partial charge in [-0.2, -0.15) is 5.26 Å². The summed E-state index contributed by atoms with van der Waals surface area (Å²) in [4.78, 5) is 11.2. The predicted octanol–water partition coefficient (Wildman–Crippen LogP) is 2.01. The summed E-state index contributed by atoms with van der Waals surface area (Å²) in [5, 5.41) is 8.99. The van der Waals surface area contributed by atoms with Gasteiger partial charge in [-0.25, -0.2) is 15.8 Å². The molecule has 110 valence electrons. The minimum Gasteiger partial charge on any atom is -0.355 e. The lowest BCUT2D eigenvalue weighted by Crippen LogP contribution is -2.30. The second kappa shape index (κ2) is 7.65. The van der Waals surface area contributed by atoms with Gasteiger partial charge < -0.3 is 10.3 Å². The van der Waals surface area contributed by atoms with Crippen LogP contribution >= 0.6 is 0 Å². The molecule has 1 heterocycles. The number of aromatic nitrogens is 2. The molecule has 1 aromatic heterocycles. The fourth-order valence-corrected chi connectivity index (χ4v) is 2.07. The summed E-state index contributed by atoms with van der Waals surface area (Å²) in [6.45, 7) is 9.45. The monoisotopic (exact) mass is 276 g/mol. The van der Waals surface area contributed by atoms with Crippen molar-refractivity contribution < 1.29 is 0 Å². The number of hydrazine groups is 1. The van der Waals surface area contributed by atoms with E-state index in [4.69, 9.17) is 11.1 Å². The zero-order chi connectivity index (χ0) is 15.1. The summed E-state index contributed by atoms with van der Waals surface area (Å²) in [6, 6.07) is 2.26. The fourth-order valence-electron chi connectivity index (χ4n) is 2.07. The van der Waals surface area contributed by atoms with Gasteiger partial charge in [-0.3, -0.25) is 0 Å². The maximum atomic E-state index is 8.99. The van der Waals surface area contributed by atoms with Crippen molar-refractivity contribution in [1.82, 2.24) is 9.97 Å². The van der Waals surface area contributed by atoms with Crippen molar-refractivity contribution >= 4 is 11.6 Å². The molecule has 0 bridgehead atoms. The van der Waals surface area contributed by atoms with E-state index in [1.807, 2.05) is 13.8 Å². The summed E-state index contributed by atoms with van der Waals surface area (Å²) in [6.07, 6.45) is 1.79. The number of rotatable bonds is 7. The number of nitrogen functional groups attached to an aromatic ring is 1. The maximum Gasteiger partial charge on any atom is 0.148 e. The quantitative estimate of drug-likeness (QED) is 0.585. The van der Waals surface area contributed by atoms with Crippen LogP contribution in [0.5, 0.6) is 0 Å². The van der Waals surface area contributed by atoms with Crippen LogP contribution < -0.4 is 16.2 Å². The minimum absolute atomic E-state index is 0.0479. The molecule has 1 unspecified atom stereocenters. The van der Waals surface area contributed by atoms with Crippen molar-refractivity contribution in [3.8, 4) is 6.07 Å². The van der Waals surface area contributed by atoms with E-state index in [0.29, 0.717) is 12.4 Å². The van der Waals surface area contributed by atoms with Gasteiger partial charge in [0.15, 0.2) is 0 Å². The Labute approximate surface area is 121 Å². The minimum atomic E-state index is -0.0479. The molecule has 0 aliphatic carbocycles. The average molecular weight is 276 g/mol. The first-order chi connectivity index (χ1) is 9.57. The molecule has 0 saturated heterocycles. The van der Waals surface area contributed by atoms with Crippen LogP contribution in [-0.4, -0.2) is 23.1 Å². The molecule has 0 spiro atoms. The third-order valence-corrected chi connectivity index (χ3v) is 3.17. The number of nitrogens with two attached hydrogens (primary N) is 1. The summed E-state index contributed by atoms with van der Waals surface area (Å²) >= 11 is 0. The lowest BCUT2D eigenvalue weighted by Gasteiger charge is -2.26. The van der Waals surface area contributed by atoms with Crippen LogP contribution in [0.15, 0.2) is 0 Å². The van der Waals surface area contributed by atoms with E-state index >= 15 is 0 Å². The van der Waals surface area contributed by atoms with Crippen LogP contribution in [0, 0.1) is 24.2 Å². The Bertz CT molecular complexity index is 479. The zero-order valence-corrected chi connectivity index (χ0v) is 12.8. The molecule has 3 N–H and O–H groups in total. The van der Waals surface area contributed by atoms with Crippen LogP contribution in [0.3, 0.4) is 0 Å². The van der Waals surface area contributed by atoms with Gasteiger partial charge >= 0.3 is 0 Å². The highest BCUT2D eigenvalue weighted by molar-refractivity contribution is 5.58. The Morgan fingerprint density at radius 2 is 2.10 bits per heavy atom. The van der Waals surface area contributed by atoms with Crippen LogP contribution in [0.2, 0.25) is 0 Å². The van der Waals surface area contributed by atoms with E-state index in [-0.39, 0.29) is 5.92 Å². The number of nitriles is 1. The number of anilines is 2. The molecule has 1 atom stereocenters. The largest absolute Gasteiger partial charge is 0.355 e. The highest BCUT2D eigenvalue weighted by Gasteiger charge is 2.17. The predicted molar refractivity (Wildman–Crippen MR) is 81.2 cm³/mol. The van der Waals surface area contributed by atoms with Crippen molar-refractivity contribution in [2.24, 2.45) is 11.8 Å². The second-order valence-electron chi connectivity index (χ2n) is 4.90. The van der Waals surface area contributed by atoms with Gasteiger partial charge in [0.25, 0.3) is 0 Å². The molecule has 0 aromatic carbocycles. The average Bonchev–Trinajstić information content (AvgIpc) is 2.46. The van der Waals surface area contributed by atoms with E-state index in [1.165, 1.54) is 0 Å². The molecule has 0 aliphatic heterocycles. The molecule has 0 fully saturated rings. The summed E-state index contributed by atoms with van der Waals surface area (Å²) in [5.41, 5.74) is 3.55. The SMILES string of the molecule is CCCc1nc(NN)c(C)c(N(CC)CC(C)C#N)n1. The molecule has 20 heavy (non-hydrogen) atoms. The Morgan fingerprint density at radius 3 is 2.60 bits per heavy atom. The van der Waals surface area contributed by atoms with Crippen molar-refractivity contribution in [2.75, 3.05) is 23.4 Å². The Balaban J connectivity index is 3.18. The van der Waals surface area contributed by atoms with E-state index in [2.05, 4.69) is 40.2 Å². The fraction of sp³-hybridized carbons (Fsp3) is 0.643. The lowest BCUT2D eigenvalue weighted by atomic mass is 10.2. The first-order valence-corrected chi connectivity index (χ1v) is 7.05. The van der Waals surface area contributed by atoms with Crippen LogP contribution in [0.1, 0.15) is 38.6 Å². The number of hydrogen-bond acceptors (Lipinski definition) is 6. The van der Waals surface area contributed by atoms with E-state index < -0.39 is 0 Å². The maximum absolute atomic E-state index is 8.99. The number of aryl methyl sites for hydroxylation is 1. The Kier molecular flexibility index (Phi) is 6.19. The van der Waals surface area contributed by atoms with Gasteiger partial charge in [0.05, 0.1) is 12.0 Å². The number of hydrogen-bond donors (Lipinski definition) is 2. The van der Waals surface area contributed by atoms with Gasteiger partial charge in [0.2, 0.25) is 0 Å². The molecule has 0 aliphatic rings. The van der Waals surface area contributed by atoms with Crippen LogP contribution in [0.25, 0.3) is 0 Å². The molecule has 1 aromatic rings. The Morgan fingerprint density at radius 1 is 1.40 bits per heavy atom. The number of nitrogens with zero attached hydrogens (tertiary/aromatic N) is 4. The zero-order valence-electron chi connectivity index (χ0n) is 12.8. The van der Waals surface area contributed by atoms with Crippen molar-refractivity contribution in [3.63, 3.8) is 0 Å². The topological polar surface area (TPSA) is 90.9 Å². The van der Waals surface area contributed by atoms with Gasteiger partial charge in [0.1, 0.15) is 17.5 Å². The molecule has 1 rings (SSSR count). The molecule has 0 amide bonds. The molecule has 0 saturated carbocycles. The van der Waals surface area contributed by atoms with E-state index in [9.17, 15) is 0 Å². The van der Waals surface area contributed by atoms with Gasteiger partial charge in [-0.1, -0.05) is 6.92 Å². The second-order valence-corrected chi connectivity index (χ2v) is 4.90. The summed E-state index contributed by atoms with van der Waals surface area (Å²) in [7, 11) is 0. The van der Waals surface area contributed by atoms with Crippen molar-refractivity contribution in [3.05, 3.63) is 11.4 Å². The third-order valence-electron chi connectivity index (χ3n) is 3.17. The molecular formula is C14H24N6. The Hall–Kier alpha value is -1.87. The van der Waals surface area contributed by atoms with Gasteiger partial charge in [-0.05, 0) is 27.2 Å². The third kappa shape index (κ3) is 3.81. The molecule has 6 nitrogen and oxygen atoms in total. The molecule has 6 heteroatoms. The summed E-state index contributed by atoms with van der Waals surface area (Å²) in [5.74, 6) is 7.79. The molecule has 0 radical (unpaired) electrons. The highest BCUT2D eigenvalue weighted by atomic mass is 15.3. The van der Waals surface area contributed by atoms with Gasteiger partial charge in [0, 0.05) is 25.1 Å². The standard InChI is InChI=1S/C14H24N6/c1-5-7-12-17-13(19-16)11(4)14(18-12)20(6-2)9-10(3)8-15/h10H,5-7,9,16H2,1-4H3,(H,17,18,19). The first-order valence-electron chi connectivity index (χ1n) is 7.05. The van der Waals surface area contributed by atoms with Crippen LogP contribution in [-0.2, 0) is 6.42 Å². The summed E-state index contributed by atoms with van der Waals surface area (Å²) < 4.78 is 0. The first kappa shape index (κ1) is 16.2. The van der Waals surface area contributed by atoms with Gasteiger partial charge in [-0.15, -0.1) is 0 Å². The van der Waals surface area contributed by atoms with E-state index in [0.717, 1.165) is 36.6 Å². The number of nitrogens with one attached hydrogen (secondary N) is 1.